The molecule has 0 saturated heterocycles. The number of carbonyl (C=O) groups is 1. The minimum absolute atomic E-state index is 0.0472. The Kier molecular flexibility index (Phi) is 6.47. The summed E-state index contributed by atoms with van der Waals surface area (Å²) in [6.45, 7) is 2.53. The van der Waals surface area contributed by atoms with E-state index in [1.807, 2.05) is 12.1 Å². The number of nitriles is 2. The van der Waals surface area contributed by atoms with Crippen LogP contribution in [0.2, 0.25) is 0 Å². The summed E-state index contributed by atoms with van der Waals surface area (Å²) in [5, 5.41) is 20.5. The zero-order chi connectivity index (χ0) is 15.8. The first kappa shape index (κ1) is 16.8. The Morgan fingerprint density at radius 2 is 2.19 bits per heavy atom. The molecule has 1 aromatic rings. The first-order chi connectivity index (χ1) is 10.0. The summed E-state index contributed by atoms with van der Waals surface area (Å²) in [5.74, 6) is -0.142. The number of pyridine rings is 1. The van der Waals surface area contributed by atoms with Crippen molar-refractivity contribution in [2.24, 2.45) is 0 Å². The van der Waals surface area contributed by atoms with Crippen LogP contribution in [-0.2, 0) is 9.53 Å². The van der Waals surface area contributed by atoms with Crippen LogP contribution in [0.1, 0.15) is 18.1 Å². The van der Waals surface area contributed by atoms with E-state index in [0.717, 1.165) is 11.8 Å². The van der Waals surface area contributed by atoms with E-state index in [2.05, 4.69) is 10.3 Å². The topological polar surface area (TPSA) is 125 Å². The number of methoxy groups -OCH3 is 1. The number of nitrogens with one attached hydrogen (secondary N) is 1. The molecule has 0 fully saturated rings. The number of carbonyl (C=O) groups excluding carboxylic acids is 1. The summed E-state index contributed by atoms with van der Waals surface area (Å²) >= 11 is 1.12. The Balaban J connectivity index is 2.83. The molecule has 1 aromatic heterocycles. The number of nitrogens with zero attached hydrogens (tertiary/aromatic N) is 3. The quantitative estimate of drug-likeness (QED) is 0.584. The lowest BCUT2D eigenvalue weighted by Crippen LogP contribution is -2.33. The number of aromatic nitrogens is 1. The van der Waals surface area contributed by atoms with Gasteiger partial charge in [-0.2, -0.15) is 10.5 Å². The molecule has 0 spiro atoms. The standard InChI is InChI=1S/C13H15N5O2S/c1-8(12(19)17-3-4-20-2)21-13-10(7-15)5-9(6-14)11(16)18-13/h5,8H,3-4H2,1-2H3,(H2,16,18)(H,17,19)/t8-/m1/s1. The van der Waals surface area contributed by atoms with Crippen molar-refractivity contribution in [2.45, 2.75) is 17.2 Å². The van der Waals surface area contributed by atoms with Crippen LogP contribution in [0.25, 0.3) is 0 Å². The highest BCUT2D eigenvalue weighted by molar-refractivity contribution is 8.00. The fourth-order valence-electron chi connectivity index (χ4n) is 1.41. The van der Waals surface area contributed by atoms with Gasteiger partial charge in [-0.3, -0.25) is 4.79 Å². The molecule has 8 heteroatoms. The maximum atomic E-state index is 11.8. The van der Waals surface area contributed by atoms with Crippen LogP contribution in [0.4, 0.5) is 5.82 Å². The van der Waals surface area contributed by atoms with E-state index in [4.69, 9.17) is 21.0 Å². The molecule has 3 N–H and O–H groups in total. The Morgan fingerprint density at radius 1 is 1.52 bits per heavy atom. The Morgan fingerprint density at radius 3 is 2.76 bits per heavy atom. The molecule has 21 heavy (non-hydrogen) atoms. The lowest BCUT2D eigenvalue weighted by atomic mass is 10.2. The van der Waals surface area contributed by atoms with Crippen LogP contribution in [0, 0.1) is 22.7 Å². The molecule has 0 saturated carbocycles. The second-order valence-electron chi connectivity index (χ2n) is 4.04. The molecule has 1 heterocycles. The van der Waals surface area contributed by atoms with Gasteiger partial charge >= 0.3 is 0 Å². The molecule has 0 aromatic carbocycles. The number of ether oxygens (including phenoxy) is 1. The summed E-state index contributed by atoms with van der Waals surface area (Å²) in [6, 6.07) is 5.19. The monoisotopic (exact) mass is 305 g/mol. The van der Waals surface area contributed by atoms with Crippen LogP contribution in [0.5, 0.6) is 0 Å². The molecule has 0 bridgehead atoms. The first-order valence-corrected chi connectivity index (χ1v) is 6.95. The maximum Gasteiger partial charge on any atom is 0.233 e. The summed E-state index contributed by atoms with van der Waals surface area (Å²) in [5.41, 5.74) is 6.00. The highest BCUT2D eigenvalue weighted by atomic mass is 32.2. The van der Waals surface area contributed by atoms with Gasteiger partial charge in [-0.15, -0.1) is 0 Å². The van der Waals surface area contributed by atoms with E-state index in [-0.39, 0.29) is 22.9 Å². The van der Waals surface area contributed by atoms with Gasteiger partial charge in [-0.1, -0.05) is 11.8 Å². The fourth-order valence-corrected chi connectivity index (χ4v) is 2.32. The summed E-state index contributed by atoms with van der Waals surface area (Å²) in [7, 11) is 1.55. The number of rotatable bonds is 6. The molecule has 110 valence electrons. The van der Waals surface area contributed by atoms with Crippen molar-refractivity contribution < 1.29 is 9.53 Å². The second-order valence-corrected chi connectivity index (χ2v) is 5.37. The van der Waals surface area contributed by atoms with Crippen LogP contribution >= 0.6 is 11.8 Å². The molecule has 0 unspecified atom stereocenters. The Bertz CT molecular complexity index is 606. The third-order valence-electron chi connectivity index (χ3n) is 2.52. The van der Waals surface area contributed by atoms with Crippen LogP contribution in [0.15, 0.2) is 11.1 Å². The van der Waals surface area contributed by atoms with Gasteiger partial charge in [-0.05, 0) is 13.0 Å². The smallest absolute Gasteiger partial charge is 0.233 e. The van der Waals surface area contributed by atoms with Gasteiger partial charge in [0.25, 0.3) is 0 Å². The lowest BCUT2D eigenvalue weighted by molar-refractivity contribution is -0.120. The van der Waals surface area contributed by atoms with E-state index in [9.17, 15) is 4.79 Å². The normalized spacial score (nSPS) is 11.2. The summed E-state index contributed by atoms with van der Waals surface area (Å²) < 4.78 is 4.84. The van der Waals surface area contributed by atoms with Gasteiger partial charge in [0.2, 0.25) is 5.91 Å². The van der Waals surface area contributed by atoms with Gasteiger partial charge in [0.1, 0.15) is 23.0 Å². The minimum atomic E-state index is -0.450. The maximum absolute atomic E-state index is 11.8. The number of anilines is 1. The first-order valence-electron chi connectivity index (χ1n) is 6.07. The molecule has 1 amide bonds. The van der Waals surface area contributed by atoms with Gasteiger partial charge in [-0.25, -0.2) is 4.98 Å². The number of nitrogens with two attached hydrogens (primary N) is 1. The lowest BCUT2D eigenvalue weighted by Gasteiger charge is -2.12. The van der Waals surface area contributed by atoms with Crippen LogP contribution in [0.3, 0.4) is 0 Å². The van der Waals surface area contributed by atoms with Crippen molar-refractivity contribution in [2.75, 3.05) is 26.0 Å². The Labute approximate surface area is 127 Å². The predicted molar refractivity (Wildman–Crippen MR) is 78.3 cm³/mol. The third kappa shape index (κ3) is 4.63. The van der Waals surface area contributed by atoms with E-state index in [1.54, 1.807) is 14.0 Å². The average Bonchev–Trinajstić information content (AvgIpc) is 2.47. The summed E-state index contributed by atoms with van der Waals surface area (Å²) in [4.78, 5) is 15.9. The Hall–Kier alpha value is -2.29. The number of hydrogen-bond acceptors (Lipinski definition) is 7. The highest BCUT2D eigenvalue weighted by Gasteiger charge is 2.18. The molecule has 0 aliphatic carbocycles. The van der Waals surface area contributed by atoms with Crippen molar-refractivity contribution in [3.8, 4) is 12.1 Å². The van der Waals surface area contributed by atoms with E-state index in [0.29, 0.717) is 18.2 Å². The molecule has 0 radical (unpaired) electrons. The second kappa shape index (κ2) is 8.10. The molecule has 0 aliphatic rings. The van der Waals surface area contributed by atoms with Gasteiger partial charge in [0.15, 0.2) is 0 Å². The number of amides is 1. The highest BCUT2D eigenvalue weighted by Crippen LogP contribution is 2.27. The van der Waals surface area contributed by atoms with Crippen molar-refractivity contribution in [1.29, 1.82) is 10.5 Å². The molecular weight excluding hydrogens is 290 g/mol. The number of nitrogen functional groups attached to an aromatic ring is 1. The van der Waals surface area contributed by atoms with Crippen molar-refractivity contribution in [3.05, 3.63) is 17.2 Å². The van der Waals surface area contributed by atoms with Crippen LogP contribution < -0.4 is 11.1 Å². The number of hydrogen-bond donors (Lipinski definition) is 2. The molecule has 1 rings (SSSR count). The van der Waals surface area contributed by atoms with Crippen molar-refractivity contribution >= 4 is 23.5 Å². The van der Waals surface area contributed by atoms with Crippen LogP contribution in [-0.4, -0.2) is 36.4 Å². The predicted octanol–water partition coefficient (Wildman–Crippen LogP) is 0.650. The molecule has 7 nitrogen and oxygen atoms in total. The summed E-state index contributed by atoms with van der Waals surface area (Å²) in [6.07, 6.45) is 0. The fraction of sp³-hybridized carbons (Fsp3) is 0.385. The zero-order valence-electron chi connectivity index (χ0n) is 11.7. The third-order valence-corrected chi connectivity index (χ3v) is 3.62. The van der Waals surface area contributed by atoms with Crippen molar-refractivity contribution in [3.63, 3.8) is 0 Å². The molecular formula is C13H15N5O2S. The minimum Gasteiger partial charge on any atom is -0.383 e. The van der Waals surface area contributed by atoms with Gasteiger partial charge < -0.3 is 15.8 Å². The average molecular weight is 305 g/mol. The van der Waals surface area contributed by atoms with Gasteiger partial charge in [0, 0.05) is 13.7 Å². The molecule has 1 atom stereocenters. The zero-order valence-corrected chi connectivity index (χ0v) is 12.5. The van der Waals surface area contributed by atoms with E-state index in [1.165, 1.54) is 6.07 Å². The van der Waals surface area contributed by atoms with Gasteiger partial charge in [0.05, 0.1) is 23.0 Å². The van der Waals surface area contributed by atoms with E-state index < -0.39 is 5.25 Å². The molecule has 0 aliphatic heterocycles. The van der Waals surface area contributed by atoms with Crippen molar-refractivity contribution in [1.82, 2.24) is 10.3 Å². The largest absolute Gasteiger partial charge is 0.383 e. The number of thioether (sulfide) groups is 1. The van der Waals surface area contributed by atoms with E-state index >= 15 is 0 Å². The SMILES string of the molecule is COCCNC(=O)[C@@H](C)Sc1nc(N)c(C#N)cc1C#N.